The Kier molecular flexibility index (Phi) is 6.57. The van der Waals surface area contributed by atoms with Crippen molar-refractivity contribution in [2.24, 2.45) is 0 Å². The average Bonchev–Trinajstić information content (AvgIpc) is 3.21. The van der Waals surface area contributed by atoms with Crippen molar-refractivity contribution >= 4 is 40.5 Å². The molecule has 0 aromatic heterocycles. The monoisotopic (exact) mass is 399 g/mol. The summed E-state index contributed by atoms with van der Waals surface area (Å²) in [6, 6.07) is 13.4. The van der Waals surface area contributed by atoms with Gasteiger partial charge in [-0.2, -0.15) is 0 Å². The van der Waals surface area contributed by atoms with E-state index in [0.29, 0.717) is 17.3 Å². The number of hydrogen-bond donors (Lipinski definition) is 1. The molecule has 0 aliphatic carbocycles. The molecule has 0 bridgehead atoms. The average molecular weight is 400 g/mol. The number of benzene rings is 2. The minimum atomic E-state index is -0.148. The highest BCUT2D eigenvalue weighted by molar-refractivity contribution is 6.31. The van der Waals surface area contributed by atoms with Crippen molar-refractivity contribution in [3.63, 3.8) is 0 Å². The molecule has 1 saturated heterocycles. The summed E-state index contributed by atoms with van der Waals surface area (Å²) in [6.45, 7) is 5.87. The standard InChI is InChI=1S/C22H26ClN3O2/c1-16-20(23)6-5-7-21(16)24-22(28)12-15-26(17(2)27)19-10-8-18(9-11-19)25-13-3-4-14-25/h5-11H,3-4,12-15H2,1-2H3,(H,24,28). The van der Waals surface area contributed by atoms with E-state index in [9.17, 15) is 9.59 Å². The SMILES string of the molecule is CC(=O)N(CCC(=O)Nc1cccc(Cl)c1C)c1ccc(N2CCCC2)cc1. The predicted octanol–water partition coefficient (Wildman–Crippen LogP) is 4.63. The molecular weight excluding hydrogens is 374 g/mol. The van der Waals surface area contributed by atoms with Gasteiger partial charge in [0.2, 0.25) is 11.8 Å². The first kappa shape index (κ1) is 20.2. The third kappa shape index (κ3) is 4.84. The van der Waals surface area contributed by atoms with Crippen molar-refractivity contribution in [2.45, 2.75) is 33.1 Å². The van der Waals surface area contributed by atoms with Crippen LogP contribution < -0.4 is 15.1 Å². The number of nitrogens with one attached hydrogen (secondary N) is 1. The van der Waals surface area contributed by atoms with Gasteiger partial charge in [-0.1, -0.05) is 17.7 Å². The van der Waals surface area contributed by atoms with Crippen molar-refractivity contribution in [2.75, 3.05) is 34.8 Å². The predicted molar refractivity (Wildman–Crippen MR) is 115 cm³/mol. The van der Waals surface area contributed by atoms with Crippen LogP contribution in [-0.4, -0.2) is 31.4 Å². The van der Waals surface area contributed by atoms with E-state index in [0.717, 1.165) is 24.3 Å². The molecule has 0 saturated carbocycles. The fraction of sp³-hybridized carbons (Fsp3) is 0.364. The summed E-state index contributed by atoms with van der Waals surface area (Å²) in [5.74, 6) is -0.231. The fourth-order valence-corrected chi connectivity index (χ4v) is 3.63. The second kappa shape index (κ2) is 9.11. The third-order valence-electron chi connectivity index (χ3n) is 5.12. The number of amides is 2. The molecular formula is C22H26ClN3O2. The minimum Gasteiger partial charge on any atom is -0.372 e. The van der Waals surface area contributed by atoms with E-state index >= 15 is 0 Å². The molecule has 3 rings (SSSR count). The molecule has 0 atom stereocenters. The zero-order valence-electron chi connectivity index (χ0n) is 16.4. The van der Waals surface area contributed by atoms with Crippen LogP contribution in [0.2, 0.25) is 5.02 Å². The topological polar surface area (TPSA) is 52.7 Å². The Bertz CT molecular complexity index is 845. The molecule has 5 nitrogen and oxygen atoms in total. The second-order valence-electron chi connectivity index (χ2n) is 7.09. The molecule has 6 heteroatoms. The molecule has 1 heterocycles. The number of nitrogens with zero attached hydrogens (tertiary/aromatic N) is 2. The summed E-state index contributed by atoms with van der Waals surface area (Å²) in [4.78, 5) is 28.5. The maximum absolute atomic E-state index is 12.4. The maximum Gasteiger partial charge on any atom is 0.226 e. The van der Waals surface area contributed by atoms with E-state index in [1.54, 1.807) is 17.0 Å². The van der Waals surface area contributed by atoms with Gasteiger partial charge in [0, 0.05) is 55.1 Å². The van der Waals surface area contributed by atoms with E-state index in [1.165, 1.54) is 25.5 Å². The van der Waals surface area contributed by atoms with Gasteiger partial charge in [-0.25, -0.2) is 0 Å². The van der Waals surface area contributed by atoms with Crippen LogP contribution in [0.1, 0.15) is 31.7 Å². The Hall–Kier alpha value is -2.53. The zero-order valence-corrected chi connectivity index (χ0v) is 17.1. The molecule has 0 unspecified atom stereocenters. The van der Waals surface area contributed by atoms with Crippen LogP contribution in [0.15, 0.2) is 42.5 Å². The molecule has 1 fully saturated rings. The van der Waals surface area contributed by atoms with E-state index in [2.05, 4.69) is 10.2 Å². The Morgan fingerprint density at radius 1 is 1.11 bits per heavy atom. The van der Waals surface area contributed by atoms with Crippen LogP contribution in [-0.2, 0) is 9.59 Å². The van der Waals surface area contributed by atoms with Crippen LogP contribution in [0.4, 0.5) is 17.1 Å². The lowest BCUT2D eigenvalue weighted by Crippen LogP contribution is -2.32. The molecule has 2 aromatic carbocycles. The lowest BCUT2D eigenvalue weighted by Gasteiger charge is -2.23. The van der Waals surface area contributed by atoms with Crippen LogP contribution >= 0.6 is 11.6 Å². The zero-order chi connectivity index (χ0) is 20.1. The number of halogens is 1. The van der Waals surface area contributed by atoms with Crippen molar-refractivity contribution in [1.82, 2.24) is 0 Å². The van der Waals surface area contributed by atoms with E-state index < -0.39 is 0 Å². The highest BCUT2D eigenvalue weighted by atomic mass is 35.5. The molecule has 0 spiro atoms. The number of rotatable bonds is 6. The van der Waals surface area contributed by atoms with Gasteiger partial charge in [0.1, 0.15) is 0 Å². The quantitative estimate of drug-likeness (QED) is 0.770. The van der Waals surface area contributed by atoms with Gasteiger partial charge in [0.05, 0.1) is 0 Å². The number of carbonyl (C=O) groups excluding carboxylic acids is 2. The van der Waals surface area contributed by atoms with Gasteiger partial charge in [-0.15, -0.1) is 0 Å². The van der Waals surface area contributed by atoms with Gasteiger partial charge in [0.25, 0.3) is 0 Å². The highest BCUT2D eigenvalue weighted by Crippen LogP contribution is 2.25. The largest absolute Gasteiger partial charge is 0.372 e. The molecule has 2 aromatic rings. The Balaban J connectivity index is 1.62. The molecule has 148 valence electrons. The van der Waals surface area contributed by atoms with Crippen molar-refractivity contribution in [3.8, 4) is 0 Å². The molecule has 1 N–H and O–H groups in total. The molecule has 2 amide bonds. The fourth-order valence-electron chi connectivity index (χ4n) is 3.46. The van der Waals surface area contributed by atoms with Gasteiger partial charge in [-0.05, 0) is 61.7 Å². The van der Waals surface area contributed by atoms with E-state index in [4.69, 9.17) is 11.6 Å². The molecule has 28 heavy (non-hydrogen) atoms. The third-order valence-corrected chi connectivity index (χ3v) is 5.53. The van der Waals surface area contributed by atoms with Crippen molar-refractivity contribution < 1.29 is 9.59 Å². The summed E-state index contributed by atoms with van der Waals surface area (Å²) in [6.07, 6.45) is 2.66. The summed E-state index contributed by atoms with van der Waals surface area (Å²) in [7, 11) is 0. The first-order chi connectivity index (χ1) is 13.5. The molecule has 1 aliphatic rings. The Morgan fingerprint density at radius 2 is 1.79 bits per heavy atom. The van der Waals surface area contributed by atoms with Crippen LogP contribution in [0.3, 0.4) is 0 Å². The smallest absolute Gasteiger partial charge is 0.226 e. The van der Waals surface area contributed by atoms with E-state index in [-0.39, 0.29) is 18.2 Å². The summed E-state index contributed by atoms with van der Waals surface area (Å²) >= 11 is 6.10. The first-order valence-corrected chi connectivity index (χ1v) is 10.0. The summed E-state index contributed by atoms with van der Waals surface area (Å²) in [5, 5.41) is 3.49. The maximum atomic E-state index is 12.4. The lowest BCUT2D eigenvalue weighted by atomic mass is 10.2. The van der Waals surface area contributed by atoms with Gasteiger partial charge in [-0.3, -0.25) is 9.59 Å². The minimum absolute atomic E-state index is 0.0827. The van der Waals surface area contributed by atoms with Crippen molar-refractivity contribution in [1.29, 1.82) is 0 Å². The number of carbonyl (C=O) groups is 2. The number of anilines is 3. The van der Waals surface area contributed by atoms with Gasteiger partial charge in [0.15, 0.2) is 0 Å². The summed E-state index contributed by atoms with van der Waals surface area (Å²) in [5.41, 5.74) is 3.52. The molecule has 1 aliphatic heterocycles. The molecule has 0 radical (unpaired) electrons. The summed E-state index contributed by atoms with van der Waals surface area (Å²) < 4.78 is 0. The highest BCUT2D eigenvalue weighted by Gasteiger charge is 2.16. The Morgan fingerprint density at radius 3 is 2.43 bits per heavy atom. The van der Waals surface area contributed by atoms with Crippen LogP contribution in [0.25, 0.3) is 0 Å². The lowest BCUT2D eigenvalue weighted by molar-refractivity contribution is -0.117. The second-order valence-corrected chi connectivity index (χ2v) is 7.50. The van der Waals surface area contributed by atoms with Crippen LogP contribution in [0, 0.1) is 6.92 Å². The normalized spacial score (nSPS) is 13.5. The first-order valence-electron chi connectivity index (χ1n) is 9.64. The van der Waals surface area contributed by atoms with E-state index in [1.807, 2.05) is 37.3 Å². The van der Waals surface area contributed by atoms with Gasteiger partial charge < -0.3 is 15.1 Å². The Labute approximate surface area is 171 Å². The van der Waals surface area contributed by atoms with Gasteiger partial charge >= 0.3 is 0 Å². The number of hydrogen-bond acceptors (Lipinski definition) is 3. The van der Waals surface area contributed by atoms with Crippen molar-refractivity contribution in [3.05, 3.63) is 53.1 Å². The van der Waals surface area contributed by atoms with Crippen LogP contribution in [0.5, 0.6) is 0 Å².